The first-order valence-corrected chi connectivity index (χ1v) is 11.5. The second-order valence-corrected chi connectivity index (χ2v) is 8.64. The Bertz CT molecular complexity index is 902. The monoisotopic (exact) mass is 573 g/mol. The zero-order chi connectivity index (χ0) is 23.1. The van der Waals surface area contributed by atoms with E-state index in [-0.39, 0.29) is 30.0 Å². The lowest BCUT2D eigenvalue weighted by Crippen LogP contribution is -2.44. The van der Waals surface area contributed by atoms with Crippen molar-refractivity contribution in [3.05, 3.63) is 28.6 Å². The molecular formula is C22H40IN9O. The van der Waals surface area contributed by atoms with Gasteiger partial charge in [-0.1, -0.05) is 0 Å². The number of aryl methyl sites for hydroxylation is 3. The van der Waals surface area contributed by atoms with Gasteiger partial charge in [0.15, 0.2) is 11.8 Å². The number of hydrogen-bond acceptors (Lipinski definition) is 6. The van der Waals surface area contributed by atoms with Gasteiger partial charge in [-0.2, -0.15) is 5.10 Å². The number of rotatable bonds is 9. The third-order valence-electron chi connectivity index (χ3n) is 6.16. The van der Waals surface area contributed by atoms with E-state index in [0.717, 1.165) is 75.5 Å². The first kappa shape index (κ1) is 27.5. The largest absolute Gasteiger partial charge is 0.379 e. The van der Waals surface area contributed by atoms with Crippen LogP contribution in [0.4, 0.5) is 0 Å². The SMILES string of the molecule is Cc1nn(C)c(C)c1CC(C)NC(=NCc1nnc(C)n1C)NCCCN1CCOCC1.I. The second-order valence-electron chi connectivity index (χ2n) is 8.64. The fraction of sp³-hybridized carbons (Fsp3) is 0.727. The van der Waals surface area contributed by atoms with E-state index >= 15 is 0 Å². The van der Waals surface area contributed by atoms with Gasteiger partial charge in [-0.25, -0.2) is 4.99 Å². The van der Waals surface area contributed by atoms with E-state index in [0.29, 0.717) is 6.54 Å². The number of aliphatic imine (C=N–C) groups is 1. The smallest absolute Gasteiger partial charge is 0.191 e. The van der Waals surface area contributed by atoms with Gasteiger partial charge in [-0.05, 0) is 52.6 Å². The van der Waals surface area contributed by atoms with Crippen molar-refractivity contribution in [3.8, 4) is 0 Å². The van der Waals surface area contributed by atoms with Crippen molar-refractivity contribution in [2.45, 2.75) is 53.1 Å². The van der Waals surface area contributed by atoms with E-state index in [9.17, 15) is 0 Å². The molecule has 0 aliphatic carbocycles. The molecule has 33 heavy (non-hydrogen) atoms. The van der Waals surface area contributed by atoms with E-state index in [1.807, 2.05) is 30.3 Å². The molecule has 2 aromatic heterocycles. The Hall–Kier alpha value is -1.73. The molecule has 1 atom stereocenters. The van der Waals surface area contributed by atoms with Gasteiger partial charge in [0, 0.05) is 45.5 Å². The van der Waals surface area contributed by atoms with Gasteiger partial charge < -0.3 is 19.9 Å². The lowest BCUT2D eigenvalue weighted by Gasteiger charge is -2.26. The van der Waals surface area contributed by atoms with Crippen LogP contribution in [0.15, 0.2) is 4.99 Å². The topological polar surface area (TPSA) is 97.4 Å². The molecule has 1 aliphatic rings. The summed E-state index contributed by atoms with van der Waals surface area (Å²) in [5.74, 6) is 2.54. The van der Waals surface area contributed by atoms with Crippen LogP contribution in [0, 0.1) is 20.8 Å². The zero-order valence-electron chi connectivity index (χ0n) is 20.9. The van der Waals surface area contributed by atoms with Crippen LogP contribution >= 0.6 is 24.0 Å². The Morgan fingerprint density at radius 1 is 1.15 bits per heavy atom. The van der Waals surface area contributed by atoms with Gasteiger partial charge in [0.2, 0.25) is 0 Å². The molecule has 1 saturated heterocycles. The standard InChI is InChI=1S/C22H39N9O.HI/c1-16(14-20-17(2)28-30(6)18(20)3)25-22(24-15-21-27-26-19(4)29(21)5)23-8-7-9-31-10-12-32-13-11-31;/h16H,7-15H2,1-6H3,(H2,23,24,25);1H. The van der Waals surface area contributed by atoms with E-state index in [4.69, 9.17) is 9.73 Å². The van der Waals surface area contributed by atoms with E-state index < -0.39 is 0 Å². The Labute approximate surface area is 214 Å². The Balaban J connectivity index is 0.00000385. The normalized spacial score (nSPS) is 15.9. The first-order valence-electron chi connectivity index (χ1n) is 11.5. The molecule has 10 nitrogen and oxygen atoms in total. The number of halogens is 1. The van der Waals surface area contributed by atoms with Crippen molar-refractivity contribution in [2.24, 2.45) is 19.1 Å². The molecule has 186 valence electrons. The fourth-order valence-corrected chi connectivity index (χ4v) is 3.93. The Morgan fingerprint density at radius 3 is 2.48 bits per heavy atom. The third kappa shape index (κ3) is 7.92. The predicted octanol–water partition coefficient (Wildman–Crippen LogP) is 1.48. The molecule has 1 fully saturated rings. The summed E-state index contributed by atoms with van der Waals surface area (Å²) >= 11 is 0. The third-order valence-corrected chi connectivity index (χ3v) is 6.16. The average molecular weight is 574 g/mol. The molecule has 2 aromatic rings. The van der Waals surface area contributed by atoms with Crippen molar-refractivity contribution >= 4 is 29.9 Å². The maximum atomic E-state index is 5.43. The van der Waals surface area contributed by atoms with Gasteiger partial charge in [0.25, 0.3) is 0 Å². The van der Waals surface area contributed by atoms with Gasteiger partial charge in [-0.3, -0.25) is 9.58 Å². The minimum atomic E-state index is 0. The summed E-state index contributed by atoms with van der Waals surface area (Å²) < 4.78 is 9.36. The fourth-order valence-electron chi connectivity index (χ4n) is 3.93. The summed E-state index contributed by atoms with van der Waals surface area (Å²) in [7, 11) is 3.97. The second kappa shape index (κ2) is 13.2. The number of hydrogen-bond donors (Lipinski definition) is 2. The van der Waals surface area contributed by atoms with Crippen LogP contribution in [0.25, 0.3) is 0 Å². The van der Waals surface area contributed by atoms with Gasteiger partial charge in [0.05, 0.1) is 18.9 Å². The lowest BCUT2D eigenvalue weighted by molar-refractivity contribution is 0.0376. The maximum Gasteiger partial charge on any atom is 0.191 e. The summed E-state index contributed by atoms with van der Waals surface area (Å²) in [4.78, 5) is 7.25. The van der Waals surface area contributed by atoms with Crippen LogP contribution in [0.1, 0.15) is 41.9 Å². The van der Waals surface area contributed by atoms with Crippen LogP contribution in [0.5, 0.6) is 0 Å². The summed E-state index contributed by atoms with van der Waals surface area (Å²) in [6.07, 6.45) is 1.95. The highest BCUT2D eigenvalue weighted by molar-refractivity contribution is 14.0. The molecule has 3 heterocycles. The van der Waals surface area contributed by atoms with Gasteiger partial charge in [-0.15, -0.1) is 34.2 Å². The number of nitrogens with zero attached hydrogens (tertiary/aromatic N) is 7. The molecule has 3 rings (SSSR count). The van der Waals surface area contributed by atoms with Gasteiger partial charge in [0.1, 0.15) is 12.4 Å². The van der Waals surface area contributed by atoms with Crippen molar-refractivity contribution in [2.75, 3.05) is 39.4 Å². The molecule has 1 unspecified atom stereocenters. The summed E-state index contributed by atoms with van der Waals surface area (Å²) in [5, 5.41) is 20.0. The highest BCUT2D eigenvalue weighted by atomic mass is 127. The molecule has 0 bridgehead atoms. The minimum Gasteiger partial charge on any atom is -0.379 e. The maximum absolute atomic E-state index is 5.43. The molecule has 0 aromatic carbocycles. The van der Waals surface area contributed by atoms with Crippen molar-refractivity contribution in [1.82, 2.24) is 40.1 Å². The van der Waals surface area contributed by atoms with Crippen molar-refractivity contribution in [3.63, 3.8) is 0 Å². The number of morpholine rings is 1. The van der Waals surface area contributed by atoms with Crippen LogP contribution in [0.3, 0.4) is 0 Å². The molecule has 0 spiro atoms. The Morgan fingerprint density at radius 2 is 1.88 bits per heavy atom. The molecule has 2 N–H and O–H groups in total. The molecule has 1 aliphatic heterocycles. The van der Waals surface area contributed by atoms with E-state index in [2.05, 4.69) is 51.6 Å². The molecular weight excluding hydrogens is 533 g/mol. The predicted molar refractivity (Wildman–Crippen MR) is 141 cm³/mol. The summed E-state index contributed by atoms with van der Waals surface area (Å²) in [5.41, 5.74) is 3.59. The Kier molecular flexibility index (Phi) is 11.0. The first-order chi connectivity index (χ1) is 15.3. The van der Waals surface area contributed by atoms with Crippen molar-refractivity contribution in [1.29, 1.82) is 0 Å². The van der Waals surface area contributed by atoms with Crippen LogP contribution in [-0.2, 0) is 31.8 Å². The van der Waals surface area contributed by atoms with E-state index in [1.165, 1.54) is 11.3 Å². The summed E-state index contributed by atoms with van der Waals surface area (Å²) in [6.45, 7) is 14.4. The molecule has 0 saturated carbocycles. The number of nitrogens with one attached hydrogen (secondary N) is 2. The van der Waals surface area contributed by atoms with Gasteiger partial charge >= 0.3 is 0 Å². The van der Waals surface area contributed by atoms with Crippen LogP contribution < -0.4 is 10.6 Å². The lowest BCUT2D eigenvalue weighted by atomic mass is 10.1. The molecule has 0 radical (unpaired) electrons. The summed E-state index contributed by atoms with van der Waals surface area (Å²) in [6, 6.07) is 0.211. The van der Waals surface area contributed by atoms with E-state index in [1.54, 1.807) is 0 Å². The number of guanidine groups is 1. The number of aromatic nitrogens is 5. The quantitative estimate of drug-likeness (QED) is 0.203. The number of ether oxygens (including phenoxy) is 1. The average Bonchev–Trinajstić information content (AvgIpc) is 3.22. The molecule has 11 heteroatoms. The van der Waals surface area contributed by atoms with Crippen LogP contribution in [0.2, 0.25) is 0 Å². The zero-order valence-corrected chi connectivity index (χ0v) is 23.2. The highest BCUT2D eigenvalue weighted by Gasteiger charge is 2.15. The van der Waals surface area contributed by atoms with Crippen molar-refractivity contribution < 1.29 is 4.74 Å². The highest BCUT2D eigenvalue weighted by Crippen LogP contribution is 2.14. The molecule has 0 amide bonds. The van der Waals surface area contributed by atoms with Crippen LogP contribution in [-0.4, -0.2) is 80.8 Å². The minimum absolute atomic E-state index is 0.